The Morgan fingerprint density at radius 2 is 0.884 bits per heavy atom. The number of aromatic nitrogens is 2. The first-order valence-corrected chi connectivity index (χ1v) is 14.1. The SMILES string of the molecule is Cc1ccc(COc2ccc(-c3cc(COCc4cc(-c5ccc(OCc6ccc(C)cc6)cc5)no4)on3)cc2)cc1. The molecule has 6 rings (SSSR count). The van der Waals surface area contributed by atoms with E-state index >= 15 is 0 Å². The Labute approximate surface area is 250 Å². The zero-order valence-corrected chi connectivity index (χ0v) is 24.2. The average molecular weight is 573 g/mol. The number of rotatable bonds is 12. The lowest BCUT2D eigenvalue weighted by Gasteiger charge is -2.07. The van der Waals surface area contributed by atoms with E-state index < -0.39 is 0 Å². The highest BCUT2D eigenvalue weighted by atomic mass is 16.5. The third kappa shape index (κ3) is 7.58. The fourth-order valence-corrected chi connectivity index (χ4v) is 4.43. The van der Waals surface area contributed by atoms with Crippen LogP contribution in [-0.2, 0) is 31.2 Å². The van der Waals surface area contributed by atoms with Crippen molar-refractivity contribution in [1.29, 1.82) is 0 Å². The van der Waals surface area contributed by atoms with Crippen molar-refractivity contribution in [2.45, 2.75) is 40.3 Å². The van der Waals surface area contributed by atoms with Crippen molar-refractivity contribution in [1.82, 2.24) is 10.3 Å². The number of hydrogen-bond acceptors (Lipinski definition) is 7. The third-order valence-corrected chi connectivity index (χ3v) is 6.96. The molecule has 0 aliphatic rings. The van der Waals surface area contributed by atoms with E-state index in [1.54, 1.807) is 0 Å². The summed E-state index contributed by atoms with van der Waals surface area (Å²) in [5.74, 6) is 2.83. The number of benzene rings is 4. The molecule has 7 nitrogen and oxygen atoms in total. The topological polar surface area (TPSA) is 79.8 Å². The molecule has 0 bridgehead atoms. The second-order valence-electron chi connectivity index (χ2n) is 10.4. The molecule has 216 valence electrons. The molecule has 0 spiro atoms. The average Bonchev–Trinajstić information content (AvgIpc) is 3.72. The molecule has 0 atom stereocenters. The van der Waals surface area contributed by atoms with Crippen LogP contribution in [0, 0.1) is 13.8 Å². The molecule has 0 saturated heterocycles. The summed E-state index contributed by atoms with van der Waals surface area (Å²) in [6, 6.07) is 36.0. The monoisotopic (exact) mass is 572 g/mol. The Kier molecular flexibility index (Phi) is 8.61. The number of nitrogens with zero attached hydrogens (tertiary/aromatic N) is 2. The lowest BCUT2D eigenvalue weighted by atomic mass is 10.1. The van der Waals surface area contributed by atoms with E-state index in [1.807, 2.05) is 60.7 Å². The lowest BCUT2D eigenvalue weighted by molar-refractivity contribution is 0.0727. The molecule has 43 heavy (non-hydrogen) atoms. The molecular weight excluding hydrogens is 540 g/mol. The van der Waals surface area contributed by atoms with Gasteiger partial charge in [-0.15, -0.1) is 0 Å². The number of hydrogen-bond donors (Lipinski definition) is 0. The van der Waals surface area contributed by atoms with Crippen LogP contribution >= 0.6 is 0 Å². The van der Waals surface area contributed by atoms with Gasteiger partial charge in [-0.3, -0.25) is 0 Å². The fourth-order valence-electron chi connectivity index (χ4n) is 4.43. The van der Waals surface area contributed by atoms with Crippen LogP contribution in [0.3, 0.4) is 0 Å². The summed E-state index contributed by atoms with van der Waals surface area (Å²) in [5, 5.41) is 8.37. The van der Waals surface area contributed by atoms with Gasteiger partial charge in [0.25, 0.3) is 0 Å². The van der Waals surface area contributed by atoms with Crippen molar-refractivity contribution in [2.24, 2.45) is 0 Å². The van der Waals surface area contributed by atoms with Crippen molar-refractivity contribution in [3.63, 3.8) is 0 Å². The third-order valence-electron chi connectivity index (χ3n) is 6.96. The van der Waals surface area contributed by atoms with Gasteiger partial charge in [0.2, 0.25) is 0 Å². The minimum absolute atomic E-state index is 0.258. The summed E-state index contributed by atoms with van der Waals surface area (Å²) in [5.41, 5.74) is 8.06. The summed E-state index contributed by atoms with van der Waals surface area (Å²) in [6.07, 6.45) is 0. The molecule has 0 radical (unpaired) electrons. The summed E-state index contributed by atoms with van der Waals surface area (Å²) >= 11 is 0. The van der Waals surface area contributed by atoms with E-state index in [0.29, 0.717) is 24.7 Å². The van der Waals surface area contributed by atoms with Gasteiger partial charge in [-0.25, -0.2) is 0 Å². The van der Waals surface area contributed by atoms with Crippen molar-refractivity contribution >= 4 is 0 Å². The maximum absolute atomic E-state index is 5.90. The first-order valence-electron chi connectivity index (χ1n) is 14.1. The largest absolute Gasteiger partial charge is 0.489 e. The Hall–Kier alpha value is -5.14. The van der Waals surface area contributed by atoms with Gasteiger partial charge in [-0.1, -0.05) is 70.0 Å². The van der Waals surface area contributed by atoms with E-state index in [1.165, 1.54) is 11.1 Å². The molecule has 2 aromatic heterocycles. The van der Waals surface area contributed by atoms with Crippen LogP contribution in [0.2, 0.25) is 0 Å². The standard InChI is InChI=1S/C36H32N2O5/c1-25-3-7-27(8-4-25)21-40-31-15-11-29(12-16-31)35-19-33(42-37-35)23-39-24-34-20-36(38-43-34)30-13-17-32(18-14-30)41-22-28-9-5-26(2)6-10-28/h3-20H,21-24H2,1-2H3. The molecule has 0 saturated carbocycles. The predicted octanol–water partition coefficient (Wildman–Crippen LogP) is 8.49. The summed E-state index contributed by atoms with van der Waals surface area (Å²) < 4.78 is 28.6. The molecule has 0 unspecified atom stereocenters. The molecule has 0 aliphatic heterocycles. The summed E-state index contributed by atoms with van der Waals surface area (Å²) in [7, 11) is 0. The highest BCUT2D eigenvalue weighted by molar-refractivity contribution is 5.60. The zero-order chi connectivity index (χ0) is 29.4. The second-order valence-corrected chi connectivity index (χ2v) is 10.4. The molecule has 7 heteroatoms. The van der Waals surface area contributed by atoms with E-state index in [2.05, 4.69) is 72.7 Å². The van der Waals surface area contributed by atoms with Crippen molar-refractivity contribution in [2.75, 3.05) is 0 Å². The van der Waals surface area contributed by atoms with Gasteiger partial charge >= 0.3 is 0 Å². The van der Waals surface area contributed by atoms with Gasteiger partial charge in [0, 0.05) is 23.3 Å². The first-order chi connectivity index (χ1) is 21.1. The van der Waals surface area contributed by atoms with Gasteiger partial charge in [0.05, 0.1) is 0 Å². The number of ether oxygens (including phenoxy) is 3. The fraction of sp³-hybridized carbons (Fsp3) is 0.167. The first kappa shape index (κ1) is 28.0. The van der Waals surface area contributed by atoms with Gasteiger partial charge in [-0.05, 0) is 73.5 Å². The molecule has 0 aliphatic carbocycles. The van der Waals surface area contributed by atoms with Gasteiger partial charge in [0.1, 0.15) is 49.3 Å². The predicted molar refractivity (Wildman–Crippen MR) is 163 cm³/mol. The maximum atomic E-state index is 5.90. The van der Waals surface area contributed by atoms with Crippen LogP contribution in [0.1, 0.15) is 33.8 Å². The summed E-state index contributed by atoms with van der Waals surface area (Å²) in [6.45, 7) is 5.70. The van der Waals surface area contributed by atoms with Gasteiger partial charge in [0.15, 0.2) is 11.5 Å². The Morgan fingerprint density at radius 1 is 0.488 bits per heavy atom. The normalized spacial score (nSPS) is 11.0. The zero-order valence-electron chi connectivity index (χ0n) is 24.2. The molecule has 0 amide bonds. The van der Waals surface area contributed by atoms with Gasteiger partial charge in [-0.2, -0.15) is 0 Å². The van der Waals surface area contributed by atoms with E-state index in [0.717, 1.165) is 45.1 Å². The Morgan fingerprint density at radius 3 is 1.28 bits per heavy atom. The summed E-state index contributed by atoms with van der Waals surface area (Å²) in [4.78, 5) is 0. The van der Waals surface area contributed by atoms with E-state index in [-0.39, 0.29) is 13.2 Å². The Bertz CT molecular complexity index is 1600. The van der Waals surface area contributed by atoms with Crippen LogP contribution in [0.5, 0.6) is 11.5 Å². The lowest BCUT2D eigenvalue weighted by Crippen LogP contribution is -1.95. The van der Waals surface area contributed by atoms with Crippen molar-refractivity contribution in [3.05, 3.63) is 143 Å². The second kappa shape index (κ2) is 13.2. The molecular formula is C36H32N2O5. The van der Waals surface area contributed by atoms with Crippen LogP contribution in [0.25, 0.3) is 22.5 Å². The van der Waals surface area contributed by atoms with Crippen molar-refractivity contribution < 1.29 is 23.3 Å². The minimum Gasteiger partial charge on any atom is -0.489 e. The van der Waals surface area contributed by atoms with E-state index in [4.69, 9.17) is 23.3 Å². The quantitative estimate of drug-likeness (QED) is 0.145. The van der Waals surface area contributed by atoms with Crippen LogP contribution in [-0.4, -0.2) is 10.3 Å². The van der Waals surface area contributed by atoms with Crippen molar-refractivity contribution in [3.8, 4) is 34.0 Å². The molecule has 0 fully saturated rings. The van der Waals surface area contributed by atoms with Gasteiger partial charge < -0.3 is 23.3 Å². The molecule has 6 aromatic rings. The minimum atomic E-state index is 0.258. The highest BCUT2D eigenvalue weighted by Crippen LogP contribution is 2.25. The molecule has 2 heterocycles. The molecule has 0 N–H and O–H groups in total. The smallest absolute Gasteiger partial charge is 0.163 e. The maximum Gasteiger partial charge on any atom is 0.163 e. The van der Waals surface area contributed by atoms with Crippen LogP contribution in [0.4, 0.5) is 0 Å². The number of aryl methyl sites for hydroxylation is 2. The van der Waals surface area contributed by atoms with Crippen LogP contribution < -0.4 is 9.47 Å². The van der Waals surface area contributed by atoms with Crippen LogP contribution in [0.15, 0.2) is 118 Å². The Balaban J connectivity index is 0.958. The van der Waals surface area contributed by atoms with E-state index in [9.17, 15) is 0 Å². The highest BCUT2D eigenvalue weighted by Gasteiger charge is 2.10. The molecule has 4 aromatic carbocycles.